The van der Waals surface area contributed by atoms with Crippen LogP contribution in [-0.2, 0) is 14.3 Å². The van der Waals surface area contributed by atoms with Crippen molar-refractivity contribution >= 4 is 5.97 Å². The van der Waals surface area contributed by atoms with Crippen molar-refractivity contribution in [2.75, 3.05) is 7.11 Å². The fourth-order valence-electron chi connectivity index (χ4n) is 1.33. The summed E-state index contributed by atoms with van der Waals surface area (Å²) in [6.07, 6.45) is 5.09. The second kappa shape index (κ2) is 8.48. The molecule has 3 nitrogen and oxygen atoms in total. The summed E-state index contributed by atoms with van der Waals surface area (Å²) >= 11 is 0. The normalized spacial score (nSPS) is 14.3. The van der Waals surface area contributed by atoms with Crippen molar-refractivity contribution < 1.29 is 14.3 Å². The zero-order chi connectivity index (χ0) is 11.7. The smallest absolute Gasteiger partial charge is 0.330 e. The molecule has 88 valence electrons. The van der Waals surface area contributed by atoms with Gasteiger partial charge in [-0.05, 0) is 26.2 Å². The van der Waals surface area contributed by atoms with E-state index in [9.17, 15) is 4.79 Å². The van der Waals surface area contributed by atoms with E-state index in [4.69, 9.17) is 9.47 Å². The fourth-order valence-corrected chi connectivity index (χ4v) is 1.33. The van der Waals surface area contributed by atoms with Gasteiger partial charge in [-0.3, -0.25) is 0 Å². The summed E-state index contributed by atoms with van der Waals surface area (Å²) in [6.45, 7) is 7.48. The first-order valence-corrected chi connectivity index (χ1v) is 5.49. The molecular formula is C12H22O3. The van der Waals surface area contributed by atoms with Crippen LogP contribution >= 0.6 is 0 Å². The third-order valence-electron chi connectivity index (χ3n) is 2.36. The van der Waals surface area contributed by atoms with Crippen LogP contribution in [0.1, 0.15) is 39.5 Å². The first kappa shape index (κ1) is 14.2. The summed E-state index contributed by atoms with van der Waals surface area (Å²) in [6, 6.07) is 0. The standard InChI is InChI=1S/C12H22O3/c1-5-7-11(15-12(13)6-2)9-8-10(3)14-4/h6,10-11H,2,5,7-9H2,1,3-4H3. The first-order valence-electron chi connectivity index (χ1n) is 5.49. The second-order valence-electron chi connectivity index (χ2n) is 3.68. The first-order chi connectivity index (χ1) is 7.13. The lowest BCUT2D eigenvalue weighted by molar-refractivity contribution is -0.143. The molecule has 0 radical (unpaired) electrons. The Morgan fingerprint density at radius 2 is 2.07 bits per heavy atom. The highest BCUT2D eigenvalue weighted by Crippen LogP contribution is 2.12. The predicted octanol–water partition coefficient (Wildman–Crippen LogP) is 2.70. The molecule has 0 aromatic rings. The topological polar surface area (TPSA) is 35.5 Å². The summed E-state index contributed by atoms with van der Waals surface area (Å²) < 4.78 is 10.4. The van der Waals surface area contributed by atoms with Crippen LogP contribution < -0.4 is 0 Å². The van der Waals surface area contributed by atoms with E-state index in [-0.39, 0.29) is 18.2 Å². The van der Waals surface area contributed by atoms with E-state index in [1.165, 1.54) is 6.08 Å². The fraction of sp³-hybridized carbons (Fsp3) is 0.750. The molecule has 2 atom stereocenters. The highest BCUT2D eigenvalue weighted by atomic mass is 16.5. The third kappa shape index (κ3) is 7.14. The summed E-state index contributed by atoms with van der Waals surface area (Å²) in [7, 11) is 1.69. The van der Waals surface area contributed by atoms with Gasteiger partial charge in [-0.15, -0.1) is 0 Å². The average molecular weight is 214 g/mol. The van der Waals surface area contributed by atoms with Gasteiger partial charge in [-0.2, -0.15) is 0 Å². The number of carbonyl (C=O) groups is 1. The van der Waals surface area contributed by atoms with E-state index in [1.54, 1.807) is 7.11 Å². The van der Waals surface area contributed by atoms with Crippen LogP contribution in [0.4, 0.5) is 0 Å². The lowest BCUT2D eigenvalue weighted by Gasteiger charge is -2.18. The van der Waals surface area contributed by atoms with Crippen molar-refractivity contribution in [2.45, 2.75) is 51.7 Å². The van der Waals surface area contributed by atoms with Gasteiger partial charge in [0, 0.05) is 13.2 Å². The minimum atomic E-state index is -0.335. The van der Waals surface area contributed by atoms with Gasteiger partial charge >= 0.3 is 5.97 Å². The molecule has 2 unspecified atom stereocenters. The lowest BCUT2D eigenvalue weighted by Crippen LogP contribution is -2.19. The maximum Gasteiger partial charge on any atom is 0.330 e. The molecule has 0 rings (SSSR count). The Labute approximate surface area is 92.5 Å². The second-order valence-corrected chi connectivity index (χ2v) is 3.68. The molecule has 0 aliphatic carbocycles. The van der Waals surface area contributed by atoms with Gasteiger partial charge in [0.25, 0.3) is 0 Å². The molecule has 0 aliphatic rings. The van der Waals surface area contributed by atoms with E-state index >= 15 is 0 Å². The van der Waals surface area contributed by atoms with Crippen LogP contribution in [0.5, 0.6) is 0 Å². The highest BCUT2D eigenvalue weighted by Gasteiger charge is 2.13. The Kier molecular flexibility index (Phi) is 8.01. The Bertz CT molecular complexity index is 189. The largest absolute Gasteiger partial charge is 0.459 e. The van der Waals surface area contributed by atoms with Crippen LogP contribution in [0.2, 0.25) is 0 Å². The van der Waals surface area contributed by atoms with Crippen LogP contribution in [0.15, 0.2) is 12.7 Å². The van der Waals surface area contributed by atoms with Gasteiger partial charge in [0.2, 0.25) is 0 Å². The lowest BCUT2D eigenvalue weighted by atomic mass is 10.1. The van der Waals surface area contributed by atoms with E-state index < -0.39 is 0 Å². The van der Waals surface area contributed by atoms with Crippen molar-refractivity contribution in [3.05, 3.63) is 12.7 Å². The number of esters is 1. The summed E-state index contributed by atoms with van der Waals surface area (Å²) in [5, 5.41) is 0. The minimum Gasteiger partial charge on any atom is -0.459 e. The summed E-state index contributed by atoms with van der Waals surface area (Å²) in [5.41, 5.74) is 0. The third-order valence-corrected chi connectivity index (χ3v) is 2.36. The summed E-state index contributed by atoms with van der Waals surface area (Å²) in [4.78, 5) is 11.0. The molecule has 0 fully saturated rings. The van der Waals surface area contributed by atoms with Crippen molar-refractivity contribution in [3.63, 3.8) is 0 Å². The highest BCUT2D eigenvalue weighted by molar-refractivity contribution is 5.81. The van der Waals surface area contributed by atoms with Crippen molar-refractivity contribution in [2.24, 2.45) is 0 Å². The van der Waals surface area contributed by atoms with Gasteiger partial charge < -0.3 is 9.47 Å². The van der Waals surface area contributed by atoms with Gasteiger partial charge in [0.1, 0.15) is 6.10 Å². The average Bonchev–Trinajstić information content (AvgIpc) is 2.25. The van der Waals surface area contributed by atoms with Crippen LogP contribution in [-0.4, -0.2) is 25.3 Å². The molecule has 0 N–H and O–H groups in total. The van der Waals surface area contributed by atoms with Crippen molar-refractivity contribution in [1.29, 1.82) is 0 Å². The number of carbonyl (C=O) groups excluding carboxylic acids is 1. The van der Waals surface area contributed by atoms with Gasteiger partial charge in [-0.1, -0.05) is 19.9 Å². The number of methoxy groups -OCH3 is 1. The van der Waals surface area contributed by atoms with Crippen LogP contribution in [0.25, 0.3) is 0 Å². The predicted molar refractivity (Wildman–Crippen MR) is 60.7 cm³/mol. The van der Waals surface area contributed by atoms with Crippen LogP contribution in [0.3, 0.4) is 0 Å². The summed E-state index contributed by atoms with van der Waals surface area (Å²) in [5.74, 6) is -0.335. The SMILES string of the molecule is C=CC(=O)OC(CCC)CCC(C)OC. The molecule has 0 aromatic carbocycles. The number of ether oxygens (including phenoxy) is 2. The molecular weight excluding hydrogens is 192 g/mol. The Hall–Kier alpha value is -0.830. The quantitative estimate of drug-likeness (QED) is 0.460. The van der Waals surface area contributed by atoms with E-state index in [2.05, 4.69) is 13.5 Å². The molecule has 0 aliphatic heterocycles. The number of hydrogen-bond donors (Lipinski definition) is 0. The van der Waals surface area contributed by atoms with E-state index in [0.717, 1.165) is 25.7 Å². The maximum atomic E-state index is 11.0. The zero-order valence-electron chi connectivity index (χ0n) is 9.99. The zero-order valence-corrected chi connectivity index (χ0v) is 9.99. The molecule has 0 saturated carbocycles. The molecule has 0 bridgehead atoms. The Morgan fingerprint density at radius 1 is 1.40 bits per heavy atom. The van der Waals surface area contributed by atoms with Gasteiger partial charge in [0.05, 0.1) is 6.10 Å². The molecule has 0 aromatic heterocycles. The molecule has 15 heavy (non-hydrogen) atoms. The van der Waals surface area contributed by atoms with Crippen LogP contribution in [0, 0.1) is 0 Å². The van der Waals surface area contributed by atoms with Crippen molar-refractivity contribution in [3.8, 4) is 0 Å². The van der Waals surface area contributed by atoms with E-state index in [0.29, 0.717) is 0 Å². The molecule has 0 spiro atoms. The maximum absolute atomic E-state index is 11.0. The van der Waals surface area contributed by atoms with Gasteiger partial charge in [0.15, 0.2) is 0 Å². The van der Waals surface area contributed by atoms with Crippen molar-refractivity contribution in [1.82, 2.24) is 0 Å². The molecule has 3 heteroatoms. The molecule has 0 saturated heterocycles. The minimum absolute atomic E-state index is 0.00176. The molecule has 0 heterocycles. The number of rotatable bonds is 8. The molecule has 0 amide bonds. The monoisotopic (exact) mass is 214 g/mol. The van der Waals surface area contributed by atoms with Gasteiger partial charge in [-0.25, -0.2) is 4.79 Å². The Morgan fingerprint density at radius 3 is 2.53 bits per heavy atom. The Balaban J connectivity index is 3.92. The van der Waals surface area contributed by atoms with E-state index in [1.807, 2.05) is 6.92 Å². The number of hydrogen-bond acceptors (Lipinski definition) is 3.